The molecule has 0 aromatic rings. The Morgan fingerprint density at radius 3 is 0.864 bits per heavy atom. The third-order valence-electron chi connectivity index (χ3n) is 1.62. The van der Waals surface area contributed by atoms with Crippen molar-refractivity contribution in [3.8, 4) is 0 Å². The highest BCUT2D eigenvalue weighted by atomic mass is 16.5. The van der Waals surface area contributed by atoms with Gasteiger partial charge in [0.25, 0.3) is 0 Å². The summed E-state index contributed by atoms with van der Waals surface area (Å²) < 4.78 is 9.76. The first kappa shape index (κ1) is 29.7. The van der Waals surface area contributed by atoms with E-state index >= 15 is 0 Å². The number of aliphatic hydroxyl groups excluding tert-OH is 4. The maximum absolute atomic E-state index is 8.17. The monoisotopic (exact) mass is 328 g/mol. The zero-order valence-corrected chi connectivity index (χ0v) is 15.1. The fourth-order valence-corrected chi connectivity index (χ4v) is 0.622. The van der Waals surface area contributed by atoms with E-state index in [9.17, 15) is 0 Å². The molecule has 6 nitrogen and oxygen atoms in total. The van der Waals surface area contributed by atoms with E-state index < -0.39 is 0 Å². The average Bonchev–Trinajstić information content (AvgIpc) is 2.57. The van der Waals surface area contributed by atoms with Crippen molar-refractivity contribution in [2.24, 2.45) is 0 Å². The smallest absolute Gasteiger partial charge is 0.0697 e. The highest BCUT2D eigenvalue weighted by Gasteiger charge is 1.79. The van der Waals surface area contributed by atoms with Gasteiger partial charge in [-0.05, 0) is 25.7 Å². The fourth-order valence-electron chi connectivity index (χ4n) is 0.622. The van der Waals surface area contributed by atoms with Crippen LogP contribution in [0.1, 0.15) is 53.4 Å². The fraction of sp³-hybridized carbons (Fsp3) is 1.00. The van der Waals surface area contributed by atoms with Gasteiger partial charge >= 0.3 is 0 Å². The second-order valence-corrected chi connectivity index (χ2v) is 4.12. The van der Waals surface area contributed by atoms with Crippen molar-refractivity contribution >= 4 is 0 Å². The molecule has 0 saturated heterocycles. The van der Waals surface area contributed by atoms with Crippen LogP contribution in [0.25, 0.3) is 0 Å². The van der Waals surface area contributed by atoms with Crippen LogP contribution in [0.3, 0.4) is 0 Å². The Kier molecular flexibility index (Phi) is 57.9. The van der Waals surface area contributed by atoms with Gasteiger partial charge in [0.05, 0.1) is 26.4 Å². The highest BCUT2D eigenvalue weighted by Crippen LogP contribution is 1.77. The lowest BCUT2D eigenvalue weighted by molar-refractivity contribution is 0.0928. The molecule has 22 heavy (non-hydrogen) atoms. The zero-order valence-electron chi connectivity index (χ0n) is 15.1. The summed E-state index contributed by atoms with van der Waals surface area (Å²) >= 11 is 0. The molecule has 0 fully saturated rings. The minimum atomic E-state index is 0.139. The van der Waals surface area contributed by atoms with Gasteiger partial charge in [0.15, 0.2) is 0 Å². The van der Waals surface area contributed by atoms with Gasteiger partial charge in [0.1, 0.15) is 0 Å². The molecule has 4 N–H and O–H groups in total. The molecule has 0 rings (SSSR count). The van der Waals surface area contributed by atoms with Crippen LogP contribution in [0.5, 0.6) is 0 Å². The zero-order chi connectivity index (χ0) is 17.9. The van der Waals surface area contributed by atoms with E-state index in [-0.39, 0.29) is 13.2 Å². The summed E-state index contributed by atoms with van der Waals surface area (Å²) in [7, 11) is 0. The molecule has 0 bridgehead atoms. The maximum Gasteiger partial charge on any atom is 0.0697 e. The van der Waals surface area contributed by atoms with Crippen LogP contribution in [0, 0.1) is 0 Å². The van der Waals surface area contributed by atoms with E-state index in [4.69, 9.17) is 29.9 Å². The molecular weight excluding hydrogens is 288 g/mol. The molecule has 0 atom stereocenters. The van der Waals surface area contributed by atoms with Crippen molar-refractivity contribution < 1.29 is 29.9 Å². The van der Waals surface area contributed by atoms with Crippen LogP contribution >= 0.6 is 0 Å². The van der Waals surface area contributed by atoms with Crippen LogP contribution in [0.15, 0.2) is 0 Å². The lowest BCUT2D eigenvalue weighted by Crippen LogP contribution is -1.98. The number of hydrogen-bond donors (Lipinski definition) is 4. The lowest BCUT2D eigenvalue weighted by atomic mass is 10.5. The Labute approximate surface area is 137 Å². The number of hydrogen-bond acceptors (Lipinski definition) is 6. The molecule has 0 spiro atoms. The van der Waals surface area contributed by atoms with E-state index in [1.807, 2.05) is 27.7 Å². The molecule has 0 saturated carbocycles. The third-order valence-corrected chi connectivity index (χ3v) is 1.62. The minimum Gasteiger partial charge on any atom is -0.396 e. The minimum absolute atomic E-state index is 0.139. The highest BCUT2D eigenvalue weighted by molar-refractivity contribution is 4.25. The van der Waals surface area contributed by atoms with Gasteiger partial charge in [0, 0.05) is 26.4 Å². The quantitative estimate of drug-likeness (QED) is 0.455. The Morgan fingerprint density at radius 1 is 0.455 bits per heavy atom. The van der Waals surface area contributed by atoms with Gasteiger partial charge in [0.2, 0.25) is 0 Å². The van der Waals surface area contributed by atoms with E-state index in [0.29, 0.717) is 26.4 Å². The second-order valence-electron chi connectivity index (χ2n) is 4.12. The van der Waals surface area contributed by atoms with Crippen LogP contribution in [-0.2, 0) is 9.47 Å². The molecule has 0 aromatic carbocycles. The van der Waals surface area contributed by atoms with Crippen molar-refractivity contribution in [2.75, 3.05) is 52.9 Å². The summed E-state index contributed by atoms with van der Waals surface area (Å²) in [5.41, 5.74) is 0. The first-order chi connectivity index (χ1) is 10.7. The molecule has 140 valence electrons. The van der Waals surface area contributed by atoms with Crippen molar-refractivity contribution in [3.05, 3.63) is 0 Å². The van der Waals surface area contributed by atoms with Crippen LogP contribution in [0.4, 0.5) is 0 Å². The van der Waals surface area contributed by atoms with E-state index in [2.05, 4.69) is 0 Å². The SMILES string of the molecule is CCCO.CCCO.CCCOCCO.CCCOCCO. The molecule has 0 aliphatic rings. The molecule has 0 amide bonds. The predicted molar refractivity (Wildman–Crippen MR) is 91.1 cm³/mol. The molecule has 0 aliphatic heterocycles. The number of rotatable bonds is 10. The first-order valence-corrected chi connectivity index (χ1v) is 8.25. The van der Waals surface area contributed by atoms with Gasteiger partial charge in [-0.3, -0.25) is 0 Å². The topological polar surface area (TPSA) is 99.4 Å². The largest absolute Gasteiger partial charge is 0.396 e. The van der Waals surface area contributed by atoms with Crippen molar-refractivity contribution in [1.29, 1.82) is 0 Å². The Morgan fingerprint density at radius 2 is 0.727 bits per heavy atom. The standard InChI is InChI=1S/2C5H12O2.2C3H8O/c2*1-2-4-7-5-3-6;2*1-2-3-4/h2*6H,2-5H2,1H3;2*4H,2-3H2,1H3. The summed E-state index contributed by atoms with van der Waals surface area (Å²) in [5, 5.41) is 32.1. The molecule has 6 heteroatoms. The Balaban J connectivity index is -0.000000102. The van der Waals surface area contributed by atoms with Gasteiger partial charge in [-0.15, -0.1) is 0 Å². The Hall–Kier alpha value is -0.240. The molecule has 0 heterocycles. The van der Waals surface area contributed by atoms with E-state index in [1.165, 1.54) is 0 Å². The predicted octanol–water partition coefficient (Wildman–Crippen LogP) is 1.59. The van der Waals surface area contributed by atoms with Crippen molar-refractivity contribution in [2.45, 2.75) is 53.4 Å². The van der Waals surface area contributed by atoms with E-state index in [1.54, 1.807) is 0 Å². The third kappa shape index (κ3) is 73.0. The van der Waals surface area contributed by atoms with Gasteiger partial charge in [-0.2, -0.15) is 0 Å². The molecular formula is C16H40O6. The second kappa shape index (κ2) is 42.8. The van der Waals surface area contributed by atoms with Crippen molar-refractivity contribution in [1.82, 2.24) is 0 Å². The van der Waals surface area contributed by atoms with Gasteiger partial charge in [-0.25, -0.2) is 0 Å². The summed E-state index contributed by atoms with van der Waals surface area (Å²) in [6.07, 6.45) is 3.81. The number of aliphatic hydroxyl groups is 4. The summed E-state index contributed by atoms with van der Waals surface area (Å²) in [5.74, 6) is 0. The van der Waals surface area contributed by atoms with Crippen LogP contribution < -0.4 is 0 Å². The molecule has 0 unspecified atom stereocenters. The maximum atomic E-state index is 8.17. The van der Waals surface area contributed by atoms with E-state index in [0.717, 1.165) is 38.9 Å². The van der Waals surface area contributed by atoms with Crippen molar-refractivity contribution in [3.63, 3.8) is 0 Å². The van der Waals surface area contributed by atoms with Gasteiger partial charge < -0.3 is 29.9 Å². The Bertz CT molecular complexity index is 99.2. The molecule has 0 aliphatic carbocycles. The molecule has 0 radical (unpaired) electrons. The number of ether oxygens (including phenoxy) is 2. The van der Waals surface area contributed by atoms with Crippen LogP contribution in [-0.4, -0.2) is 73.3 Å². The summed E-state index contributed by atoms with van der Waals surface area (Å²) in [6, 6.07) is 0. The molecule has 0 aromatic heterocycles. The normalized spacial score (nSPS) is 8.73. The average molecular weight is 328 g/mol. The van der Waals surface area contributed by atoms with Gasteiger partial charge in [-0.1, -0.05) is 27.7 Å². The first-order valence-electron chi connectivity index (χ1n) is 8.25. The van der Waals surface area contributed by atoms with Crippen LogP contribution in [0.2, 0.25) is 0 Å². The lowest BCUT2D eigenvalue weighted by Gasteiger charge is -1.94. The summed E-state index contributed by atoms with van der Waals surface area (Å²) in [6.45, 7) is 11.3. The summed E-state index contributed by atoms with van der Waals surface area (Å²) in [4.78, 5) is 0.